The molecule has 3 atom stereocenters. The molecule has 0 saturated carbocycles. The zero-order valence-electron chi connectivity index (χ0n) is 18.2. The molecule has 164 valence electrons. The van der Waals surface area contributed by atoms with E-state index in [2.05, 4.69) is 29.8 Å². The summed E-state index contributed by atoms with van der Waals surface area (Å²) in [6.07, 6.45) is 1.44. The van der Waals surface area contributed by atoms with Crippen LogP contribution in [0.15, 0.2) is 36.4 Å². The van der Waals surface area contributed by atoms with Crippen molar-refractivity contribution in [3.8, 4) is 5.75 Å². The van der Waals surface area contributed by atoms with Gasteiger partial charge >= 0.3 is 0 Å². The number of carbonyl (C=O) groups is 2. The molecule has 1 spiro atoms. The predicted molar refractivity (Wildman–Crippen MR) is 123 cm³/mol. The molecule has 3 N–H and O–H groups in total. The smallest absolute Gasteiger partial charge is 0.250 e. The van der Waals surface area contributed by atoms with E-state index in [0.717, 1.165) is 17.5 Å². The zero-order chi connectivity index (χ0) is 22.3. The number of carbonyl (C=O) groups excluding carboxylic acids is 2. The fraction of sp³-hybridized carbons (Fsp3) is 0.417. The summed E-state index contributed by atoms with van der Waals surface area (Å²) in [5, 5.41) is 9.96. The van der Waals surface area contributed by atoms with Gasteiger partial charge in [-0.1, -0.05) is 31.5 Å². The highest BCUT2D eigenvalue weighted by molar-refractivity contribution is 6.35. The van der Waals surface area contributed by atoms with Crippen molar-refractivity contribution >= 4 is 34.8 Å². The number of ether oxygens (including phenoxy) is 1. The van der Waals surface area contributed by atoms with Gasteiger partial charge < -0.3 is 15.4 Å². The lowest BCUT2D eigenvalue weighted by molar-refractivity contribution is -0.130. The van der Waals surface area contributed by atoms with Crippen LogP contribution in [-0.2, 0) is 15.1 Å². The number of hydrogen-bond donors (Lipinski definition) is 3. The molecule has 2 heterocycles. The molecule has 2 aliphatic rings. The van der Waals surface area contributed by atoms with Gasteiger partial charge in [0.25, 0.3) is 0 Å². The standard InChI is InChI=1S/C24H28ClN3O3/c1-13(2)9-16-12-19(22(29)26-15-5-7-17(31-4)8-6-15)24(28-16)18-10-14(3)11-20(25)21(18)27-23(24)30/h5-8,10-11,13,16,19,28H,9,12H2,1-4H3,(H,26,29)(H,27,30)/t16-,19+,24-/m1/s1. The molecular weight excluding hydrogens is 414 g/mol. The molecule has 2 amide bonds. The first kappa shape index (κ1) is 21.7. The molecule has 0 radical (unpaired) electrons. The maximum absolute atomic E-state index is 13.5. The van der Waals surface area contributed by atoms with E-state index in [0.29, 0.717) is 34.5 Å². The minimum atomic E-state index is -1.14. The Labute approximate surface area is 187 Å². The van der Waals surface area contributed by atoms with E-state index in [9.17, 15) is 9.59 Å². The fourth-order valence-corrected chi connectivity index (χ4v) is 5.20. The van der Waals surface area contributed by atoms with Gasteiger partial charge in [-0.25, -0.2) is 0 Å². The SMILES string of the molecule is COc1ccc(NC(=O)[C@@H]2C[C@@H](CC(C)C)N[C@@]23C(=O)Nc2c(Cl)cc(C)cc23)cc1. The monoisotopic (exact) mass is 441 g/mol. The van der Waals surface area contributed by atoms with Crippen molar-refractivity contribution in [2.45, 2.75) is 45.2 Å². The number of nitrogens with one attached hydrogen (secondary N) is 3. The third-order valence-electron chi connectivity index (χ3n) is 6.16. The average molecular weight is 442 g/mol. The number of anilines is 2. The predicted octanol–water partition coefficient (Wildman–Crippen LogP) is 4.47. The summed E-state index contributed by atoms with van der Waals surface area (Å²) in [6.45, 7) is 6.22. The minimum absolute atomic E-state index is 0.0441. The summed E-state index contributed by atoms with van der Waals surface area (Å²) in [5.41, 5.74) is 1.82. The van der Waals surface area contributed by atoms with Gasteiger partial charge in [-0.2, -0.15) is 0 Å². The van der Waals surface area contributed by atoms with Crippen molar-refractivity contribution in [1.29, 1.82) is 0 Å². The van der Waals surface area contributed by atoms with E-state index in [-0.39, 0.29) is 17.9 Å². The first-order valence-electron chi connectivity index (χ1n) is 10.6. The maximum Gasteiger partial charge on any atom is 0.250 e. The summed E-state index contributed by atoms with van der Waals surface area (Å²) in [7, 11) is 1.60. The van der Waals surface area contributed by atoms with Crippen LogP contribution >= 0.6 is 11.6 Å². The molecular formula is C24H28ClN3O3. The van der Waals surface area contributed by atoms with Gasteiger partial charge in [0.05, 0.1) is 23.7 Å². The molecule has 0 aliphatic carbocycles. The summed E-state index contributed by atoms with van der Waals surface area (Å²) in [6, 6.07) is 11.0. The van der Waals surface area contributed by atoms with Crippen molar-refractivity contribution in [3.05, 3.63) is 52.5 Å². The first-order chi connectivity index (χ1) is 14.7. The number of aryl methyl sites for hydroxylation is 1. The van der Waals surface area contributed by atoms with Crippen LogP contribution in [0, 0.1) is 18.8 Å². The van der Waals surface area contributed by atoms with E-state index in [1.165, 1.54) is 0 Å². The number of benzene rings is 2. The Morgan fingerprint density at radius 1 is 1.29 bits per heavy atom. The van der Waals surface area contributed by atoms with E-state index in [1.807, 2.05) is 19.1 Å². The second kappa shape index (κ2) is 8.17. The topological polar surface area (TPSA) is 79.5 Å². The maximum atomic E-state index is 13.5. The highest BCUT2D eigenvalue weighted by Gasteiger charge is 2.60. The Morgan fingerprint density at radius 2 is 2.00 bits per heavy atom. The normalized spacial score (nSPS) is 24.4. The Hall–Kier alpha value is -2.57. The van der Waals surface area contributed by atoms with Gasteiger partial charge in [0.15, 0.2) is 0 Å². The van der Waals surface area contributed by atoms with Crippen LogP contribution in [0.2, 0.25) is 5.02 Å². The van der Waals surface area contributed by atoms with Gasteiger partial charge in [-0.05, 0) is 61.6 Å². The van der Waals surface area contributed by atoms with Crippen LogP contribution in [-0.4, -0.2) is 25.0 Å². The largest absolute Gasteiger partial charge is 0.497 e. The molecule has 2 aromatic carbocycles. The van der Waals surface area contributed by atoms with E-state index < -0.39 is 11.5 Å². The number of rotatable bonds is 5. The molecule has 0 bridgehead atoms. The molecule has 1 fully saturated rings. The van der Waals surface area contributed by atoms with Crippen molar-refractivity contribution in [2.75, 3.05) is 17.7 Å². The van der Waals surface area contributed by atoms with Crippen LogP contribution in [0.4, 0.5) is 11.4 Å². The lowest BCUT2D eigenvalue weighted by Gasteiger charge is -2.29. The molecule has 1 saturated heterocycles. The summed E-state index contributed by atoms with van der Waals surface area (Å²) in [5.74, 6) is 0.157. The van der Waals surface area contributed by atoms with Gasteiger partial charge in [0.1, 0.15) is 11.3 Å². The molecule has 7 heteroatoms. The minimum Gasteiger partial charge on any atom is -0.497 e. The lowest BCUT2D eigenvalue weighted by atomic mass is 9.79. The van der Waals surface area contributed by atoms with Gasteiger partial charge in [-0.15, -0.1) is 0 Å². The van der Waals surface area contributed by atoms with Gasteiger partial charge in [-0.3, -0.25) is 14.9 Å². The number of amides is 2. The Balaban J connectivity index is 1.72. The van der Waals surface area contributed by atoms with Crippen molar-refractivity contribution in [3.63, 3.8) is 0 Å². The molecule has 31 heavy (non-hydrogen) atoms. The molecule has 6 nitrogen and oxygen atoms in total. The first-order valence-corrected chi connectivity index (χ1v) is 11.0. The average Bonchev–Trinajstić information content (AvgIpc) is 3.22. The van der Waals surface area contributed by atoms with Crippen molar-refractivity contribution in [1.82, 2.24) is 5.32 Å². The number of fused-ring (bicyclic) bond motifs is 2. The molecule has 4 rings (SSSR count). The highest BCUT2D eigenvalue weighted by atomic mass is 35.5. The van der Waals surface area contributed by atoms with Crippen LogP contribution in [0.3, 0.4) is 0 Å². The second-order valence-electron chi connectivity index (χ2n) is 8.91. The zero-order valence-corrected chi connectivity index (χ0v) is 19.0. The van der Waals surface area contributed by atoms with E-state index in [4.69, 9.17) is 16.3 Å². The molecule has 2 aliphatic heterocycles. The van der Waals surface area contributed by atoms with E-state index in [1.54, 1.807) is 31.4 Å². The van der Waals surface area contributed by atoms with E-state index >= 15 is 0 Å². The summed E-state index contributed by atoms with van der Waals surface area (Å²) < 4.78 is 5.19. The number of methoxy groups -OCH3 is 1. The third-order valence-corrected chi connectivity index (χ3v) is 6.46. The molecule has 2 aromatic rings. The van der Waals surface area contributed by atoms with Crippen LogP contribution in [0.1, 0.15) is 37.8 Å². The quantitative estimate of drug-likeness (QED) is 0.639. The Morgan fingerprint density at radius 3 is 2.65 bits per heavy atom. The molecule has 0 unspecified atom stereocenters. The second-order valence-corrected chi connectivity index (χ2v) is 9.32. The fourth-order valence-electron chi connectivity index (χ4n) is 4.88. The Bertz CT molecular complexity index is 1020. The highest BCUT2D eigenvalue weighted by Crippen LogP contribution is 2.50. The van der Waals surface area contributed by atoms with Gasteiger partial charge in [0.2, 0.25) is 11.8 Å². The molecule has 0 aromatic heterocycles. The van der Waals surface area contributed by atoms with Crippen LogP contribution in [0.25, 0.3) is 0 Å². The lowest BCUT2D eigenvalue weighted by Crippen LogP contribution is -2.52. The van der Waals surface area contributed by atoms with Gasteiger partial charge in [0, 0.05) is 17.3 Å². The Kier molecular flexibility index (Phi) is 5.71. The van der Waals surface area contributed by atoms with Crippen molar-refractivity contribution < 1.29 is 14.3 Å². The summed E-state index contributed by atoms with van der Waals surface area (Å²) in [4.78, 5) is 26.9. The number of halogens is 1. The van der Waals surface area contributed by atoms with Crippen molar-refractivity contribution in [2.24, 2.45) is 11.8 Å². The van der Waals surface area contributed by atoms with Crippen LogP contribution in [0.5, 0.6) is 5.75 Å². The third kappa shape index (κ3) is 3.79. The number of hydrogen-bond acceptors (Lipinski definition) is 4. The van der Waals surface area contributed by atoms with Crippen LogP contribution < -0.4 is 20.7 Å². The summed E-state index contributed by atoms with van der Waals surface area (Å²) >= 11 is 6.45.